The van der Waals surface area contributed by atoms with Gasteiger partial charge in [-0.2, -0.15) is 5.10 Å². The lowest BCUT2D eigenvalue weighted by Gasteiger charge is -2.25. The first-order valence-corrected chi connectivity index (χ1v) is 11.7. The van der Waals surface area contributed by atoms with Gasteiger partial charge in [-0.05, 0) is 50.8 Å². The van der Waals surface area contributed by atoms with Crippen LogP contribution < -0.4 is 10.1 Å². The lowest BCUT2D eigenvalue weighted by atomic mass is 10.0. The molecular formula is C24H29N5O3. The summed E-state index contributed by atoms with van der Waals surface area (Å²) in [5.41, 5.74) is 4.13. The van der Waals surface area contributed by atoms with Gasteiger partial charge < -0.3 is 19.4 Å². The fourth-order valence-electron chi connectivity index (χ4n) is 5.02. The molecule has 3 fully saturated rings. The Labute approximate surface area is 186 Å². The molecule has 1 amide bonds. The molecule has 2 aromatic heterocycles. The Morgan fingerprint density at radius 3 is 2.78 bits per heavy atom. The van der Waals surface area contributed by atoms with E-state index in [4.69, 9.17) is 14.5 Å². The van der Waals surface area contributed by atoms with E-state index in [0.717, 1.165) is 54.1 Å². The molecule has 2 saturated heterocycles. The number of carbonyl (C=O) groups excluding carboxylic acids is 1. The van der Waals surface area contributed by atoms with Crippen molar-refractivity contribution < 1.29 is 14.3 Å². The van der Waals surface area contributed by atoms with Crippen molar-refractivity contribution in [1.82, 2.24) is 24.6 Å². The predicted octanol–water partition coefficient (Wildman–Crippen LogP) is 3.49. The third-order valence-electron chi connectivity index (χ3n) is 7.06. The van der Waals surface area contributed by atoms with Gasteiger partial charge in [0, 0.05) is 49.9 Å². The van der Waals surface area contributed by atoms with Crippen LogP contribution in [0, 0.1) is 5.92 Å². The fraction of sp³-hybridized carbons (Fsp3) is 0.542. The van der Waals surface area contributed by atoms with Gasteiger partial charge >= 0.3 is 0 Å². The molecule has 1 unspecified atom stereocenters. The van der Waals surface area contributed by atoms with Crippen molar-refractivity contribution in [3.63, 3.8) is 0 Å². The van der Waals surface area contributed by atoms with E-state index in [0.29, 0.717) is 25.0 Å². The molecule has 1 N–H and O–H groups in total. The Hall–Kier alpha value is -2.87. The Kier molecular flexibility index (Phi) is 4.90. The number of rotatable bonds is 6. The first kappa shape index (κ1) is 19.8. The van der Waals surface area contributed by atoms with Gasteiger partial charge in [-0.25, -0.2) is 4.98 Å². The minimum Gasteiger partial charge on any atom is -0.488 e. The summed E-state index contributed by atoms with van der Waals surface area (Å²) < 4.78 is 16.5. The van der Waals surface area contributed by atoms with Gasteiger partial charge in [-0.3, -0.25) is 9.48 Å². The van der Waals surface area contributed by atoms with Crippen LogP contribution in [0.4, 0.5) is 0 Å². The maximum atomic E-state index is 11.7. The van der Waals surface area contributed by atoms with E-state index in [9.17, 15) is 4.79 Å². The molecule has 6 rings (SSSR count). The topological polar surface area (TPSA) is 83.2 Å². The second-order valence-corrected chi connectivity index (χ2v) is 9.32. The lowest BCUT2D eigenvalue weighted by Crippen LogP contribution is -2.26. The van der Waals surface area contributed by atoms with E-state index in [1.807, 2.05) is 12.5 Å². The van der Waals surface area contributed by atoms with Gasteiger partial charge in [0.25, 0.3) is 0 Å². The molecule has 2 aliphatic heterocycles. The summed E-state index contributed by atoms with van der Waals surface area (Å²) in [6.45, 7) is 4.28. The molecule has 3 aromatic rings. The third kappa shape index (κ3) is 3.56. The number of imidazole rings is 1. The van der Waals surface area contributed by atoms with Crippen LogP contribution in [-0.2, 0) is 9.53 Å². The summed E-state index contributed by atoms with van der Waals surface area (Å²) in [5, 5.41) is 7.58. The predicted molar refractivity (Wildman–Crippen MR) is 120 cm³/mol. The minimum absolute atomic E-state index is 0.0737. The summed E-state index contributed by atoms with van der Waals surface area (Å²) in [7, 11) is 0. The SMILES string of the molecule is C[C@@H](Oc1cc(-c2ccnn2C2CCOCC2)cc2ncn(C3CC3)c12)C1CNC(=O)C1. The summed E-state index contributed by atoms with van der Waals surface area (Å²) in [5.74, 6) is 1.12. The number of ether oxygens (including phenoxy) is 2. The zero-order valence-electron chi connectivity index (χ0n) is 18.4. The normalized spacial score (nSPS) is 22.9. The number of nitrogens with one attached hydrogen (secondary N) is 1. The lowest BCUT2D eigenvalue weighted by molar-refractivity contribution is -0.119. The number of amides is 1. The maximum Gasteiger partial charge on any atom is 0.220 e. The van der Waals surface area contributed by atoms with Crippen molar-refractivity contribution in [2.75, 3.05) is 19.8 Å². The molecule has 0 spiro atoms. The van der Waals surface area contributed by atoms with E-state index in [-0.39, 0.29) is 17.9 Å². The fourth-order valence-corrected chi connectivity index (χ4v) is 5.02. The van der Waals surface area contributed by atoms with E-state index >= 15 is 0 Å². The first-order chi connectivity index (χ1) is 15.7. The van der Waals surface area contributed by atoms with E-state index in [2.05, 4.69) is 44.8 Å². The zero-order chi connectivity index (χ0) is 21.7. The molecule has 8 heteroatoms. The van der Waals surface area contributed by atoms with Crippen molar-refractivity contribution in [2.45, 2.75) is 57.2 Å². The van der Waals surface area contributed by atoms with Crippen molar-refractivity contribution in [2.24, 2.45) is 5.92 Å². The van der Waals surface area contributed by atoms with Crippen molar-refractivity contribution >= 4 is 16.9 Å². The maximum absolute atomic E-state index is 11.7. The van der Waals surface area contributed by atoms with Crippen LogP contribution in [0.15, 0.2) is 30.7 Å². The Morgan fingerprint density at radius 2 is 2.03 bits per heavy atom. The molecule has 8 nitrogen and oxygen atoms in total. The van der Waals surface area contributed by atoms with Crippen LogP contribution in [0.25, 0.3) is 22.3 Å². The summed E-state index contributed by atoms with van der Waals surface area (Å²) in [6, 6.07) is 7.20. The van der Waals surface area contributed by atoms with Crippen LogP contribution in [0.5, 0.6) is 5.75 Å². The molecule has 3 aliphatic rings. The third-order valence-corrected chi connectivity index (χ3v) is 7.06. The number of benzene rings is 1. The Balaban J connectivity index is 1.40. The standard InChI is InChI=1S/C24H29N5O3/c1-15(17-12-23(30)25-13-17)32-22-11-16(10-20-24(22)28(14-26-20)18-2-3-18)21-4-7-27-29(21)19-5-8-31-9-6-19/h4,7,10-11,14-15,17-19H,2-3,5-6,8-9,12-13H2,1H3,(H,25,30)/t15-,17?/m1/s1. The summed E-state index contributed by atoms with van der Waals surface area (Å²) in [4.78, 5) is 16.5. The average molecular weight is 436 g/mol. The monoisotopic (exact) mass is 435 g/mol. The zero-order valence-corrected chi connectivity index (χ0v) is 18.4. The van der Waals surface area contributed by atoms with Crippen molar-refractivity contribution in [3.05, 3.63) is 30.7 Å². The Bertz CT molecular complexity index is 1140. The highest BCUT2D eigenvalue weighted by atomic mass is 16.5. The van der Waals surface area contributed by atoms with Crippen LogP contribution in [0.1, 0.15) is 51.1 Å². The van der Waals surface area contributed by atoms with Gasteiger partial charge in [-0.1, -0.05) is 0 Å². The molecule has 1 aliphatic carbocycles. The van der Waals surface area contributed by atoms with Gasteiger partial charge in [0.2, 0.25) is 5.91 Å². The van der Waals surface area contributed by atoms with Crippen LogP contribution in [0.3, 0.4) is 0 Å². The van der Waals surface area contributed by atoms with Gasteiger partial charge in [0.15, 0.2) is 0 Å². The number of carbonyl (C=O) groups is 1. The van der Waals surface area contributed by atoms with Crippen molar-refractivity contribution in [3.8, 4) is 17.0 Å². The summed E-state index contributed by atoms with van der Waals surface area (Å²) >= 11 is 0. The quantitative estimate of drug-likeness (QED) is 0.641. The number of aromatic nitrogens is 4. The second kappa shape index (κ2) is 7.92. The average Bonchev–Trinajstić information content (AvgIpc) is 3.19. The summed E-state index contributed by atoms with van der Waals surface area (Å²) in [6.07, 6.45) is 8.56. The largest absolute Gasteiger partial charge is 0.488 e. The van der Waals surface area contributed by atoms with Crippen LogP contribution in [-0.4, -0.2) is 51.1 Å². The van der Waals surface area contributed by atoms with E-state index < -0.39 is 0 Å². The highest BCUT2D eigenvalue weighted by Crippen LogP contribution is 2.42. The first-order valence-electron chi connectivity index (χ1n) is 11.7. The van der Waals surface area contributed by atoms with Gasteiger partial charge in [-0.15, -0.1) is 0 Å². The number of hydrogen-bond acceptors (Lipinski definition) is 5. The number of fused-ring (bicyclic) bond motifs is 1. The molecule has 32 heavy (non-hydrogen) atoms. The number of hydrogen-bond donors (Lipinski definition) is 1. The molecule has 4 heterocycles. The molecule has 1 aromatic carbocycles. The molecule has 168 valence electrons. The second-order valence-electron chi connectivity index (χ2n) is 9.32. The molecule has 1 saturated carbocycles. The highest BCUT2D eigenvalue weighted by Gasteiger charge is 2.31. The molecule has 2 atom stereocenters. The smallest absolute Gasteiger partial charge is 0.220 e. The van der Waals surface area contributed by atoms with Crippen LogP contribution >= 0.6 is 0 Å². The number of nitrogens with zero attached hydrogens (tertiary/aromatic N) is 4. The Morgan fingerprint density at radius 1 is 1.19 bits per heavy atom. The highest BCUT2D eigenvalue weighted by molar-refractivity contribution is 5.88. The van der Waals surface area contributed by atoms with Gasteiger partial charge in [0.05, 0.1) is 23.6 Å². The van der Waals surface area contributed by atoms with Gasteiger partial charge in [0.1, 0.15) is 17.4 Å². The minimum atomic E-state index is -0.0737. The van der Waals surface area contributed by atoms with Crippen LogP contribution in [0.2, 0.25) is 0 Å². The van der Waals surface area contributed by atoms with E-state index in [1.165, 1.54) is 12.8 Å². The molecular weight excluding hydrogens is 406 g/mol. The molecule has 0 bridgehead atoms. The van der Waals surface area contributed by atoms with E-state index in [1.54, 1.807) is 0 Å². The van der Waals surface area contributed by atoms with Crippen molar-refractivity contribution in [1.29, 1.82) is 0 Å². The molecule has 0 radical (unpaired) electrons.